The van der Waals surface area contributed by atoms with Crippen LogP contribution in [-0.4, -0.2) is 44.0 Å². The summed E-state index contributed by atoms with van der Waals surface area (Å²) in [7, 11) is -3.47. The van der Waals surface area contributed by atoms with Gasteiger partial charge < -0.3 is 4.74 Å². The molecule has 0 aliphatic carbocycles. The molecule has 1 aromatic heterocycles. The molecule has 0 bridgehead atoms. The molecule has 0 N–H and O–H groups in total. The molecule has 27 heavy (non-hydrogen) atoms. The van der Waals surface area contributed by atoms with E-state index in [2.05, 4.69) is 31.2 Å². The van der Waals surface area contributed by atoms with Crippen LogP contribution in [-0.2, 0) is 14.8 Å². The van der Waals surface area contributed by atoms with Gasteiger partial charge >= 0.3 is 0 Å². The van der Waals surface area contributed by atoms with Crippen LogP contribution in [0.4, 0.5) is 0 Å². The van der Waals surface area contributed by atoms with Crippen LogP contribution < -0.4 is 0 Å². The highest BCUT2D eigenvalue weighted by atomic mass is 32.2. The molecule has 4 rings (SSSR count). The number of morpholine rings is 1. The molecule has 0 amide bonds. The summed E-state index contributed by atoms with van der Waals surface area (Å²) in [5, 5.41) is 2.95. The second kappa shape index (κ2) is 7.52. The normalized spacial score (nSPS) is 15.7. The number of nitrogens with zero attached hydrogens (tertiary/aromatic N) is 2. The topological polar surface area (TPSA) is 59.5 Å². The number of aromatic nitrogens is 1. The number of ether oxygens (including phenoxy) is 1. The fourth-order valence-electron chi connectivity index (χ4n) is 2.97. The van der Waals surface area contributed by atoms with Crippen LogP contribution in [0.15, 0.2) is 58.8 Å². The Morgan fingerprint density at radius 2 is 1.59 bits per heavy atom. The standard InChI is InChI=1S/C20H20N2O3S2/c1-15-2-4-17(5-3-15)20-21-19(14-26-20)16-6-8-18(9-7-16)27(23,24)22-10-12-25-13-11-22/h2-9,14H,10-13H2,1H3. The molecule has 0 saturated carbocycles. The average molecular weight is 401 g/mol. The highest BCUT2D eigenvalue weighted by Crippen LogP contribution is 2.30. The minimum absolute atomic E-state index is 0.308. The fraction of sp³-hybridized carbons (Fsp3) is 0.250. The Bertz CT molecular complexity index is 1020. The van der Waals surface area contributed by atoms with E-state index in [0.717, 1.165) is 21.8 Å². The van der Waals surface area contributed by atoms with E-state index >= 15 is 0 Å². The Kier molecular flexibility index (Phi) is 5.10. The molecule has 0 spiro atoms. The molecule has 1 aliphatic rings. The average Bonchev–Trinajstić information content (AvgIpc) is 3.19. The molecule has 7 heteroatoms. The molecule has 1 aliphatic heterocycles. The van der Waals surface area contributed by atoms with Crippen molar-refractivity contribution in [1.82, 2.24) is 9.29 Å². The predicted molar refractivity (Wildman–Crippen MR) is 107 cm³/mol. The molecule has 2 aromatic carbocycles. The molecular formula is C20H20N2O3S2. The van der Waals surface area contributed by atoms with Crippen LogP contribution in [0.3, 0.4) is 0 Å². The van der Waals surface area contributed by atoms with Gasteiger partial charge in [0.25, 0.3) is 0 Å². The highest BCUT2D eigenvalue weighted by molar-refractivity contribution is 7.89. The molecule has 1 saturated heterocycles. The van der Waals surface area contributed by atoms with E-state index in [-0.39, 0.29) is 0 Å². The number of rotatable bonds is 4. The van der Waals surface area contributed by atoms with Gasteiger partial charge in [-0.1, -0.05) is 42.0 Å². The summed E-state index contributed by atoms with van der Waals surface area (Å²) in [6.45, 7) is 3.74. The van der Waals surface area contributed by atoms with Crippen molar-refractivity contribution in [3.05, 3.63) is 59.5 Å². The van der Waals surface area contributed by atoms with Crippen LogP contribution in [0.1, 0.15) is 5.56 Å². The summed E-state index contributed by atoms with van der Waals surface area (Å²) >= 11 is 1.58. The Balaban J connectivity index is 1.57. The number of benzene rings is 2. The number of hydrogen-bond acceptors (Lipinski definition) is 5. The van der Waals surface area contributed by atoms with E-state index in [9.17, 15) is 8.42 Å². The van der Waals surface area contributed by atoms with Gasteiger partial charge in [0.15, 0.2) is 0 Å². The molecule has 1 fully saturated rings. The van der Waals surface area contributed by atoms with E-state index < -0.39 is 10.0 Å². The summed E-state index contributed by atoms with van der Waals surface area (Å²) in [6, 6.07) is 15.2. The number of aryl methyl sites for hydroxylation is 1. The first-order valence-corrected chi connectivity index (χ1v) is 11.1. The van der Waals surface area contributed by atoms with E-state index in [1.807, 2.05) is 17.5 Å². The zero-order chi connectivity index (χ0) is 18.9. The van der Waals surface area contributed by atoms with Crippen molar-refractivity contribution in [2.75, 3.05) is 26.3 Å². The maximum atomic E-state index is 12.7. The van der Waals surface area contributed by atoms with E-state index in [4.69, 9.17) is 9.72 Å². The van der Waals surface area contributed by atoms with E-state index in [1.165, 1.54) is 9.87 Å². The predicted octanol–water partition coefficient (Wildman–Crippen LogP) is 3.81. The largest absolute Gasteiger partial charge is 0.379 e. The number of thiazole rings is 1. The first kappa shape index (κ1) is 18.3. The Morgan fingerprint density at radius 1 is 0.963 bits per heavy atom. The smallest absolute Gasteiger partial charge is 0.243 e. The zero-order valence-corrected chi connectivity index (χ0v) is 16.6. The Hall–Kier alpha value is -2.06. The van der Waals surface area contributed by atoms with Crippen LogP contribution in [0.2, 0.25) is 0 Å². The second-order valence-corrected chi connectivity index (χ2v) is 9.24. The lowest BCUT2D eigenvalue weighted by Gasteiger charge is -2.26. The first-order valence-electron chi connectivity index (χ1n) is 8.75. The van der Waals surface area contributed by atoms with Crippen molar-refractivity contribution >= 4 is 21.4 Å². The van der Waals surface area contributed by atoms with Gasteiger partial charge in [-0.2, -0.15) is 4.31 Å². The monoisotopic (exact) mass is 400 g/mol. The van der Waals surface area contributed by atoms with Crippen molar-refractivity contribution in [2.45, 2.75) is 11.8 Å². The van der Waals surface area contributed by atoms with Gasteiger partial charge in [-0.05, 0) is 19.1 Å². The van der Waals surface area contributed by atoms with Gasteiger partial charge in [0.1, 0.15) is 5.01 Å². The first-order chi connectivity index (χ1) is 13.0. The van der Waals surface area contributed by atoms with Crippen molar-refractivity contribution in [2.24, 2.45) is 0 Å². The highest BCUT2D eigenvalue weighted by Gasteiger charge is 2.26. The van der Waals surface area contributed by atoms with Crippen LogP contribution in [0, 0.1) is 6.92 Å². The van der Waals surface area contributed by atoms with Gasteiger partial charge in [0, 0.05) is 29.6 Å². The summed E-state index contributed by atoms with van der Waals surface area (Å²) in [6.07, 6.45) is 0. The summed E-state index contributed by atoms with van der Waals surface area (Å²) in [5.74, 6) is 0. The lowest BCUT2D eigenvalue weighted by atomic mass is 10.1. The van der Waals surface area contributed by atoms with Gasteiger partial charge in [-0.15, -0.1) is 11.3 Å². The molecule has 5 nitrogen and oxygen atoms in total. The Labute approximate surface area is 163 Å². The van der Waals surface area contributed by atoms with E-state index in [0.29, 0.717) is 31.2 Å². The van der Waals surface area contributed by atoms with E-state index in [1.54, 1.807) is 23.5 Å². The third kappa shape index (κ3) is 3.82. The molecule has 2 heterocycles. The van der Waals surface area contributed by atoms with Gasteiger partial charge in [-0.25, -0.2) is 13.4 Å². The molecule has 0 atom stereocenters. The molecule has 0 radical (unpaired) electrons. The number of sulfonamides is 1. The van der Waals surface area contributed by atoms with Crippen molar-refractivity contribution < 1.29 is 13.2 Å². The van der Waals surface area contributed by atoms with Crippen molar-refractivity contribution in [3.63, 3.8) is 0 Å². The summed E-state index contributed by atoms with van der Waals surface area (Å²) in [5.41, 5.74) is 4.06. The second-order valence-electron chi connectivity index (χ2n) is 6.44. The molecule has 3 aromatic rings. The van der Waals surface area contributed by atoms with Crippen LogP contribution in [0.5, 0.6) is 0 Å². The van der Waals surface area contributed by atoms with Gasteiger partial charge in [0.2, 0.25) is 10.0 Å². The van der Waals surface area contributed by atoms with Gasteiger partial charge in [-0.3, -0.25) is 0 Å². The van der Waals surface area contributed by atoms with Crippen LogP contribution in [0.25, 0.3) is 21.8 Å². The molecule has 140 valence electrons. The SMILES string of the molecule is Cc1ccc(-c2nc(-c3ccc(S(=O)(=O)N4CCOCC4)cc3)cs2)cc1. The van der Waals surface area contributed by atoms with Crippen molar-refractivity contribution in [1.29, 1.82) is 0 Å². The lowest BCUT2D eigenvalue weighted by molar-refractivity contribution is 0.0730. The minimum atomic E-state index is -3.47. The molecule has 0 unspecified atom stereocenters. The fourth-order valence-corrected chi connectivity index (χ4v) is 5.21. The third-order valence-corrected chi connectivity index (χ3v) is 7.36. The maximum Gasteiger partial charge on any atom is 0.243 e. The zero-order valence-electron chi connectivity index (χ0n) is 15.0. The van der Waals surface area contributed by atoms with Gasteiger partial charge in [0.05, 0.1) is 23.8 Å². The maximum absolute atomic E-state index is 12.7. The minimum Gasteiger partial charge on any atom is -0.379 e. The summed E-state index contributed by atoms with van der Waals surface area (Å²) < 4.78 is 32.1. The Morgan fingerprint density at radius 3 is 2.26 bits per heavy atom. The summed E-state index contributed by atoms with van der Waals surface area (Å²) in [4.78, 5) is 5.01. The lowest BCUT2D eigenvalue weighted by Crippen LogP contribution is -2.40. The van der Waals surface area contributed by atoms with Crippen LogP contribution >= 0.6 is 11.3 Å². The molecular weight excluding hydrogens is 380 g/mol. The number of hydrogen-bond donors (Lipinski definition) is 0. The van der Waals surface area contributed by atoms with Crippen molar-refractivity contribution in [3.8, 4) is 21.8 Å². The quantitative estimate of drug-likeness (QED) is 0.668. The third-order valence-electron chi connectivity index (χ3n) is 4.56.